The van der Waals surface area contributed by atoms with Crippen LogP contribution in [0.1, 0.15) is 32.7 Å². The lowest BCUT2D eigenvalue weighted by atomic mass is 9.97. The van der Waals surface area contributed by atoms with Crippen molar-refractivity contribution in [1.82, 2.24) is 9.78 Å². The summed E-state index contributed by atoms with van der Waals surface area (Å²) >= 11 is -2.45. The molecule has 2 N–H and O–H groups in total. The quantitative estimate of drug-likeness (QED) is 0.643. The minimum absolute atomic E-state index is 0.217. The first-order chi connectivity index (χ1) is 11.0. The smallest absolute Gasteiger partial charge is 0.306 e. The zero-order valence-corrected chi connectivity index (χ0v) is 13.4. The molecule has 0 saturated heterocycles. The zero-order chi connectivity index (χ0) is 18.2. The third-order valence-electron chi connectivity index (χ3n) is 3.41. The molecule has 1 atom stereocenters. The third-order valence-corrected chi connectivity index (χ3v) is 3.97. The second-order valence-corrected chi connectivity index (χ2v) is 6.07. The Kier molecular flexibility index (Phi) is 4.81. The molecule has 0 fully saturated rings. The Balaban J connectivity index is 2.62. The number of hydrogen-bond acceptors (Lipinski definition) is 3. The molecule has 130 valence electrons. The van der Waals surface area contributed by atoms with Gasteiger partial charge in [0.25, 0.3) is 5.56 Å². The molecule has 2 rings (SSSR count). The molecule has 1 aromatic carbocycles. The molecule has 0 bridgehead atoms. The van der Waals surface area contributed by atoms with Crippen LogP contribution in [0.15, 0.2) is 23.0 Å². The topological polar surface area (TPSA) is 92.2 Å². The van der Waals surface area contributed by atoms with Crippen molar-refractivity contribution in [3.63, 3.8) is 0 Å². The summed E-state index contributed by atoms with van der Waals surface area (Å²) in [6.07, 6.45) is -4.66. The van der Waals surface area contributed by atoms with E-state index >= 15 is 0 Å². The Hall–Kier alpha value is -2.20. The normalized spacial score (nSPS) is 13.1. The molecule has 1 heterocycles. The maximum absolute atomic E-state index is 12.8. The molecule has 0 aliphatic rings. The van der Waals surface area contributed by atoms with Gasteiger partial charge in [0.2, 0.25) is 5.78 Å². The zero-order valence-electron chi connectivity index (χ0n) is 12.6. The van der Waals surface area contributed by atoms with Gasteiger partial charge in [0.15, 0.2) is 11.1 Å². The van der Waals surface area contributed by atoms with Crippen LogP contribution in [0.2, 0.25) is 0 Å². The Morgan fingerprint density at radius 1 is 1.38 bits per heavy atom. The number of benzene rings is 1. The summed E-state index contributed by atoms with van der Waals surface area (Å²) in [5.74, 6) is -1.46. The van der Waals surface area contributed by atoms with E-state index < -0.39 is 39.9 Å². The number of halogens is 3. The number of H-pyrrole nitrogens is 1. The Morgan fingerprint density at radius 3 is 2.46 bits per heavy atom. The standard InChI is InChI=1S/C14H13F3N2O4S/c1-7-11(13(21)19(2)18-7)12(20)10-4-3-9(14(15,16)17)5-8(10)6-24(22)23/h3-5,18H,6H2,1-2H3,(H,22,23). The Morgan fingerprint density at radius 2 is 2.00 bits per heavy atom. The van der Waals surface area contributed by atoms with Crippen LogP contribution in [0.5, 0.6) is 0 Å². The van der Waals surface area contributed by atoms with Gasteiger partial charge >= 0.3 is 6.18 Å². The van der Waals surface area contributed by atoms with E-state index in [0.717, 1.165) is 10.7 Å². The number of nitrogens with one attached hydrogen (secondary N) is 1. The van der Waals surface area contributed by atoms with Gasteiger partial charge in [-0.15, -0.1) is 0 Å². The van der Waals surface area contributed by atoms with Gasteiger partial charge in [-0.1, -0.05) is 6.07 Å². The lowest BCUT2D eigenvalue weighted by Crippen LogP contribution is -2.21. The minimum Gasteiger partial charge on any atom is -0.306 e. The van der Waals surface area contributed by atoms with E-state index in [1.165, 1.54) is 14.0 Å². The number of ketones is 1. The second-order valence-electron chi connectivity index (χ2n) is 5.14. The number of hydrogen-bond donors (Lipinski definition) is 2. The van der Waals surface area contributed by atoms with Gasteiger partial charge in [-0.3, -0.25) is 19.4 Å². The van der Waals surface area contributed by atoms with E-state index in [2.05, 4.69) is 5.10 Å². The molecule has 0 radical (unpaired) electrons. The number of carbonyl (C=O) groups excluding carboxylic acids is 1. The number of carbonyl (C=O) groups is 1. The number of rotatable bonds is 4. The lowest BCUT2D eigenvalue weighted by molar-refractivity contribution is -0.137. The van der Waals surface area contributed by atoms with Gasteiger partial charge in [-0.05, 0) is 24.6 Å². The van der Waals surface area contributed by atoms with Crippen LogP contribution in [-0.2, 0) is 30.1 Å². The number of aromatic amines is 1. The van der Waals surface area contributed by atoms with Crippen molar-refractivity contribution >= 4 is 16.9 Å². The summed E-state index contributed by atoms with van der Waals surface area (Å²) in [7, 11) is 1.39. The molecule has 1 unspecified atom stereocenters. The Bertz CT molecular complexity index is 883. The number of alkyl halides is 3. The monoisotopic (exact) mass is 362 g/mol. The summed E-state index contributed by atoms with van der Waals surface area (Å²) in [5.41, 5.74) is -2.11. The summed E-state index contributed by atoms with van der Waals surface area (Å²) in [5, 5.41) is 2.62. The molecule has 0 spiro atoms. The maximum atomic E-state index is 12.8. The van der Waals surface area contributed by atoms with Crippen molar-refractivity contribution < 1.29 is 26.7 Å². The summed E-state index contributed by atoms with van der Waals surface area (Å²) in [4.78, 5) is 24.6. The summed E-state index contributed by atoms with van der Waals surface area (Å²) in [6, 6.07) is 2.26. The molecule has 1 aromatic heterocycles. The van der Waals surface area contributed by atoms with Gasteiger partial charge in [-0.25, -0.2) is 4.21 Å². The van der Waals surface area contributed by atoms with E-state index in [-0.39, 0.29) is 22.4 Å². The van der Waals surface area contributed by atoms with Crippen molar-refractivity contribution in [3.8, 4) is 0 Å². The van der Waals surface area contributed by atoms with Crippen molar-refractivity contribution in [2.75, 3.05) is 0 Å². The molecule has 24 heavy (non-hydrogen) atoms. The third kappa shape index (κ3) is 3.49. The first kappa shape index (κ1) is 18.1. The van der Waals surface area contributed by atoms with Crippen LogP contribution in [0.4, 0.5) is 13.2 Å². The van der Waals surface area contributed by atoms with E-state index in [9.17, 15) is 27.0 Å². The highest BCUT2D eigenvalue weighted by Gasteiger charge is 2.32. The highest BCUT2D eigenvalue weighted by molar-refractivity contribution is 7.78. The van der Waals surface area contributed by atoms with E-state index in [4.69, 9.17) is 4.55 Å². The predicted octanol–water partition coefficient (Wildman–Crippen LogP) is 1.99. The molecule has 0 amide bonds. The van der Waals surface area contributed by atoms with Crippen molar-refractivity contribution in [1.29, 1.82) is 0 Å². The minimum atomic E-state index is -4.66. The second kappa shape index (κ2) is 6.36. The van der Waals surface area contributed by atoms with Crippen LogP contribution < -0.4 is 5.56 Å². The van der Waals surface area contributed by atoms with Crippen LogP contribution >= 0.6 is 0 Å². The summed E-state index contributed by atoms with van der Waals surface area (Å²) < 4.78 is 59.5. The fourth-order valence-electron chi connectivity index (χ4n) is 2.33. The molecule has 10 heteroatoms. The fourth-order valence-corrected chi connectivity index (χ4v) is 2.84. The predicted molar refractivity (Wildman–Crippen MR) is 80.1 cm³/mol. The van der Waals surface area contributed by atoms with Gasteiger partial charge in [0.1, 0.15) is 5.56 Å². The summed E-state index contributed by atoms with van der Waals surface area (Å²) in [6.45, 7) is 1.47. The molecule has 0 aliphatic heterocycles. The van der Waals surface area contributed by atoms with Crippen LogP contribution in [0.3, 0.4) is 0 Å². The van der Waals surface area contributed by atoms with Crippen molar-refractivity contribution in [2.24, 2.45) is 7.05 Å². The maximum Gasteiger partial charge on any atom is 0.416 e. The van der Waals surface area contributed by atoms with E-state index in [1.54, 1.807) is 0 Å². The molecule has 2 aromatic rings. The number of aromatic nitrogens is 2. The van der Waals surface area contributed by atoms with E-state index in [0.29, 0.717) is 12.1 Å². The largest absolute Gasteiger partial charge is 0.416 e. The fraction of sp³-hybridized carbons (Fsp3) is 0.286. The van der Waals surface area contributed by atoms with Crippen molar-refractivity contribution in [2.45, 2.75) is 18.9 Å². The lowest BCUT2D eigenvalue weighted by Gasteiger charge is -2.12. The van der Waals surface area contributed by atoms with Crippen molar-refractivity contribution in [3.05, 3.63) is 56.5 Å². The highest BCUT2D eigenvalue weighted by Crippen LogP contribution is 2.31. The van der Waals surface area contributed by atoms with Crippen LogP contribution in [0, 0.1) is 6.92 Å². The van der Waals surface area contributed by atoms with Crippen LogP contribution in [0.25, 0.3) is 0 Å². The first-order valence-corrected chi connectivity index (χ1v) is 7.87. The van der Waals surface area contributed by atoms with Gasteiger partial charge in [0, 0.05) is 18.3 Å². The van der Waals surface area contributed by atoms with Gasteiger partial charge in [0.05, 0.1) is 11.3 Å². The number of aryl methyl sites for hydroxylation is 2. The molecule has 0 saturated carbocycles. The first-order valence-electron chi connectivity index (χ1n) is 6.60. The molecule has 0 aliphatic carbocycles. The Labute approximate surface area is 136 Å². The average molecular weight is 362 g/mol. The SMILES string of the molecule is Cc1[nH]n(C)c(=O)c1C(=O)c1ccc(C(F)(F)F)cc1CS(=O)O. The average Bonchev–Trinajstić information content (AvgIpc) is 2.69. The van der Waals surface area contributed by atoms with E-state index in [1.807, 2.05) is 0 Å². The highest BCUT2D eigenvalue weighted by atomic mass is 32.2. The van der Waals surface area contributed by atoms with Gasteiger partial charge in [-0.2, -0.15) is 13.2 Å². The molecule has 6 nitrogen and oxygen atoms in total. The van der Waals surface area contributed by atoms with Crippen LogP contribution in [-0.4, -0.2) is 24.3 Å². The molecular formula is C14H13F3N2O4S. The van der Waals surface area contributed by atoms with Gasteiger partial charge < -0.3 is 4.55 Å². The molecular weight excluding hydrogens is 349 g/mol. The number of nitrogens with zero attached hydrogens (tertiary/aromatic N) is 1.